The van der Waals surface area contributed by atoms with Gasteiger partial charge in [-0.05, 0) is 6.54 Å². The first kappa shape index (κ1) is 11.6. The predicted molar refractivity (Wildman–Crippen MR) is 50.4 cm³/mol. The van der Waals surface area contributed by atoms with Crippen LogP contribution in [0.25, 0.3) is 0 Å². The predicted octanol–water partition coefficient (Wildman–Crippen LogP) is 0.813. The van der Waals surface area contributed by atoms with E-state index in [1.807, 2.05) is 6.08 Å². The Labute approximate surface area is 74.7 Å². The molecule has 0 aliphatic heterocycles. The Balaban J connectivity index is 3.25. The van der Waals surface area contributed by atoms with E-state index in [0.29, 0.717) is 19.8 Å². The standard InChI is InChI=1S/C9H19NO2/c1-4-9(10-5-2)8-12-7-6-11-3/h4,9-10H,1,5-8H2,2-3H3. The first-order valence-electron chi connectivity index (χ1n) is 4.27. The largest absolute Gasteiger partial charge is 0.382 e. The first-order valence-corrected chi connectivity index (χ1v) is 4.27. The van der Waals surface area contributed by atoms with Crippen molar-refractivity contribution in [1.82, 2.24) is 5.32 Å². The molecule has 0 fully saturated rings. The smallest absolute Gasteiger partial charge is 0.0701 e. The summed E-state index contributed by atoms with van der Waals surface area (Å²) in [7, 11) is 1.67. The highest BCUT2D eigenvalue weighted by atomic mass is 16.5. The third-order valence-corrected chi connectivity index (χ3v) is 1.48. The Bertz CT molecular complexity index is 107. The average Bonchev–Trinajstić information content (AvgIpc) is 2.10. The minimum absolute atomic E-state index is 0.256. The minimum Gasteiger partial charge on any atom is -0.382 e. The van der Waals surface area contributed by atoms with Gasteiger partial charge in [0.15, 0.2) is 0 Å². The zero-order chi connectivity index (χ0) is 9.23. The normalized spacial score (nSPS) is 12.8. The summed E-state index contributed by atoms with van der Waals surface area (Å²) in [6.07, 6.45) is 1.86. The molecule has 0 heterocycles. The van der Waals surface area contributed by atoms with Gasteiger partial charge in [0.05, 0.1) is 19.8 Å². The maximum Gasteiger partial charge on any atom is 0.0701 e. The molecule has 0 aromatic carbocycles. The van der Waals surface area contributed by atoms with Crippen LogP contribution in [0.1, 0.15) is 6.92 Å². The molecule has 1 unspecified atom stereocenters. The fourth-order valence-corrected chi connectivity index (χ4v) is 0.825. The fourth-order valence-electron chi connectivity index (χ4n) is 0.825. The molecule has 0 aliphatic carbocycles. The lowest BCUT2D eigenvalue weighted by molar-refractivity contribution is 0.0646. The van der Waals surface area contributed by atoms with Crippen molar-refractivity contribution in [1.29, 1.82) is 0 Å². The molecule has 0 rings (SSSR count). The monoisotopic (exact) mass is 173 g/mol. The Hall–Kier alpha value is -0.380. The summed E-state index contributed by atoms with van der Waals surface area (Å²) in [5.74, 6) is 0. The Morgan fingerprint density at radius 2 is 2.25 bits per heavy atom. The molecular weight excluding hydrogens is 154 g/mol. The van der Waals surface area contributed by atoms with Gasteiger partial charge in [0.1, 0.15) is 0 Å². The molecule has 0 saturated heterocycles. The van der Waals surface area contributed by atoms with Crippen molar-refractivity contribution in [2.24, 2.45) is 0 Å². The highest BCUT2D eigenvalue weighted by Crippen LogP contribution is 1.86. The molecule has 0 aromatic rings. The van der Waals surface area contributed by atoms with Crippen molar-refractivity contribution in [3.05, 3.63) is 12.7 Å². The third kappa shape index (κ3) is 6.34. The summed E-state index contributed by atoms with van der Waals surface area (Å²) in [6.45, 7) is 8.66. The van der Waals surface area contributed by atoms with Crippen LogP contribution < -0.4 is 5.32 Å². The molecule has 0 aromatic heterocycles. The summed E-state index contributed by atoms with van der Waals surface area (Å²) < 4.78 is 10.2. The molecule has 72 valence electrons. The fraction of sp³-hybridized carbons (Fsp3) is 0.778. The molecule has 0 amide bonds. The van der Waals surface area contributed by atoms with Crippen LogP contribution in [0.5, 0.6) is 0 Å². The molecule has 1 atom stereocenters. The quantitative estimate of drug-likeness (QED) is 0.435. The van der Waals surface area contributed by atoms with E-state index in [-0.39, 0.29) is 6.04 Å². The molecule has 0 spiro atoms. The van der Waals surface area contributed by atoms with E-state index < -0.39 is 0 Å². The number of hydrogen-bond donors (Lipinski definition) is 1. The van der Waals surface area contributed by atoms with Gasteiger partial charge < -0.3 is 14.8 Å². The van der Waals surface area contributed by atoms with Crippen LogP contribution in [-0.4, -0.2) is 39.5 Å². The molecule has 3 nitrogen and oxygen atoms in total. The van der Waals surface area contributed by atoms with Gasteiger partial charge in [-0.1, -0.05) is 13.0 Å². The lowest BCUT2D eigenvalue weighted by Crippen LogP contribution is -2.31. The zero-order valence-electron chi connectivity index (χ0n) is 8.01. The van der Waals surface area contributed by atoms with Gasteiger partial charge in [0, 0.05) is 13.2 Å². The summed E-state index contributed by atoms with van der Waals surface area (Å²) >= 11 is 0. The van der Waals surface area contributed by atoms with Gasteiger partial charge >= 0.3 is 0 Å². The van der Waals surface area contributed by atoms with Crippen molar-refractivity contribution in [3.63, 3.8) is 0 Å². The number of hydrogen-bond acceptors (Lipinski definition) is 3. The molecule has 0 radical (unpaired) electrons. The lowest BCUT2D eigenvalue weighted by atomic mass is 10.3. The highest BCUT2D eigenvalue weighted by molar-refractivity contribution is 4.84. The molecular formula is C9H19NO2. The molecule has 12 heavy (non-hydrogen) atoms. The lowest BCUT2D eigenvalue weighted by Gasteiger charge is -2.12. The van der Waals surface area contributed by atoms with E-state index in [1.54, 1.807) is 7.11 Å². The Morgan fingerprint density at radius 3 is 2.75 bits per heavy atom. The highest BCUT2D eigenvalue weighted by Gasteiger charge is 2.00. The van der Waals surface area contributed by atoms with Crippen molar-refractivity contribution in [2.75, 3.05) is 33.5 Å². The van der Waals surface area contributed by atoms with E-state index in [4.69, 9.17) is 9.47 Å². The summed E-state index contributed by atoms with van der Waals surface area (Å²) in [5, 5.41) is 3.23. The van der Waals surface area contributed by atoms with Crippen LogP contribution in [0.2, 0.25) is 0 Å². The van der Waals surface area contributed by atoms with Crippen LogP contribution in [0.3, 0.4) is 0 Å². The number of rotatable bonds is 8. The molecule has 1 N–H and O–H groups in total. The van der Waals surface area contributed by atoms with Gasteiger partial charge in [0.25, 0.3) is 0 Å². The summed E-state index contributed by atoms with van der Waals surface area (Å²) in [6, 6.07) is 0.256. The third-order valence-electron chi connectivity index (χ3n) is 1.48. The maximum atomic E-state index is 5.32. The number of likely N-dealkylation sites (N-methyl/N-ethyl adjacent to an activating group) is 1. The Kier molecular flexibility index (Phi) is 8.44. The van der Waals surface area contributed by atoms with Crippen molar-refractivity contribution in [3.8, 4) is 0 Å². The first-order chi connectivity index (χ1) is 5.85. The molecule has 3 heteroatoms. The van der Waals surface area contributed by atoms with Gasteiger partial charge in [0.2, 0.25) is 0 Å². The summed E-state index contributed by atoms with van der Waals surface area (Å²) in [4.78, 5) is 0. The maximum absolute atomic E-state index is 5.32. The van der Waals surface area contributed by atoms with Crippen LogP contribution in [-0.2, 0) is 9.47 Å². The second-order valence-corrected chi connectivity index (χ2v) is 2.47. The van der Waals surface area contributed by atoms with E-state index in [1.165, 1.54) is 0 Å². The van der Waals surface area contributed by atoms with Crippen LogP contribution >= 0.6 is 0 Å². The minimum atomic E-state index is 0.256. The zero-order valence-corrected chi connectivity index (χ0v) is 8.01. The Morgan fingerprint density at radius 1 is 1.50 bits per heavy atom. The van der Waals surface area contributed by atoms with E-state index in [9.17, 15) is 0 Å². The van der Waals surface area contributed by atoms with Gasteiger partial charge in [-0.15, -0.1) is 6.58 Å². The van der Waals surface area contributed by atoms with E-state index >= 15 is 0 Å². The van der Waals surface area contributed by atoms with Crippen molar-refractivity contribution in [2.45, 2.75) is 13.0 Å². The average molecular weight is 173 g/mol. The molecule has 0 bridgehead atoms. The topological polar surface area (TPSA) is 30.5 Å². The molecule has 0 saturated carbocycles. The van der Waals surface area contributed by atoms with E-state index in [2.05, 4.69) is 18.8 Å². The number of methoxy groups -OCH3 is 1. The van der Waals surface area contributed by atoms with Crippen LogP contribution in [0.15, 0.2) is 12.7 Å². The summed E-state index contributed by atoms with van der Waals surface area (Å²) in [5.41, 5.74) is 0. The van der Waals surface area contributed by atoms with Gasteiger partial charge in [-0.2, -0.15) is 0 Å². The second-order valence-electron chi connectivity index (χ2n) is 2.47. The second kappa shape index (κ2) is 8.71. The van der Waals surface area contributed by atoms with Crippen molar-refractivity contribution >= 4 is 0 Å². The van der Waals surface area contributed by atoms with E-state index in [0.717, 1.165) is 6.54 Å². The van der Waals surface area contributed by atoms with Crippen molar-refractivity contribution < 1.29 is 9.47 Å². The number of nitrogens with one attached hydrogen (secondary N) is 1. The van der Waals surface area contributed by atoms with Gasteiger partial charge in [-0.25, -0.2) is 0 Å². The number of ether oxygens (including phenoxy) is 2. The SMILES string of the molecule is C=CC(COCCOC)NCC. The van der Waals surface area contributed by atoms with Crippen LogP contribution in [0, 0.1) is 0 Å². The van der Waals surface area contributed by atoms with Gasteiger partial charge in [-0.3, -0.25) is 0 Å². The van der Waals surface area contributed by atoms with Crippen LogP contribution in [0.4, 0.5) is 0 Å². The molecule has 0 aliphatic rings.